The molecule has 0 spiro atoms. The van der Waals surface area contributed by atoms with Crippen molar-refractivity contribution in [3.05, 3.63) is 89.0 Å². The quantitative estimate of drug-likeness (QED) is 0.305. The fourth-order valence-corrected chi connectivity index (χ4v) is 4.68. The molecule has 184 valence electrons. The summed E-state index contributed by atoms with van der Waals surface area (Å²) in [6.07, 6.45) is 0. The zero-order valence-electron chi connectivity index (χ0n) is 20.6. The molecule has 1 N–H and O–H groups in total. The summed E-state index contributed by atoms with van der Waals surface area (Å²) < 4.78 is 16.4. The van der Waals surface area contributed by atoms with Crippen molar-refractivity contribution in [1.29, 1.82) is 0 Å². The summed E-state index contributed by atoms with van der Waals surface area (Å²) >= 11 is 0. The Morgan fingerprint density at radius 1 is 0.972 bits per heavy atom. The van der Waals surface area contributed by atoms with E-state index in [0.717, 1.165) is 5.56 Å². The number of hydrogen-bond donors (Lipinski definition) is 1. The molecule has 1 amide bonds. The van der Waals surface area contributed by atoms with Crippen LogP contribution in [-0.2, 0) is 15.0 Å². The van der Waals surface area contributed by atoms with Gasteiger partial charge in [0.25, 0.3) is 11.7 Å². The average Bonchev–Trinajstić information content (AvgIpc) is 3.45. The van der Waals surface area contributed by atoms with E-state index in [1.165, 1.54) is 4.90 Å². The largest absolute Gasteiger partial charge is 0.507 e. The van der Waals surface area contributed by atoms with Gasteiger partial charge in [-0.15, -0.1) is 0 Å². The van der Waals surface area contributed by atoms with Gasteiger partial charge >= 0.3 is 0 Å². The van der Waals surface area contributed by atoms with Gasteiger partial charge in [0.1, 0.15) is 11.5 Å². The lowest BCUT2D eigenvalue weighted by atomic mass is 9.84. The Kier molecular flexibility index (Phi) is 5.71. The Morgan fingerprint density at radius 3 is 2.39 bits per heavy atom. The number of methoxy groups -OCH3 is 1. The number of aliphatic hydroxyl groups is 1. The van der Waals surface area contributed by atoms with Crippen molar-refractivity contribution in [2.75, 3.05) is 18.8 Å². The topological polar surface area (TPSA) is 85.3 Å². The summed E-state index contributed by atoms with van der Waals surface area (Å²) in [5, 5.41) is 11.5. The minimum Gasteiger partial charge on any atom is -0.507 e. The smallest absolute Gasteiger partial charge is 0.300 e. The van der Waals surface area contributed by atoms with E-state index in [4.69, 9.17) is 14.2 Å². The van der Waals surface area contributed by atoms with Crippen molar-refractivity contribution in [1.82, 2.24) is 0 Å². The first-order chi connectivity index (χ1) is 17.2. The molecule has 0 saturated carbocycles. The SMILES string of the molecule is COc1ccc(/C(O)=C2\C(=O)C(=O)N(c3ccc4c(c3)OCO4)C2c2ccccc2)cc1C(C)(C)C. The Morgan fingerprint density at radius 2 is 1.69 bits per heavy atom. The van der Waals surface area contributed by atoms with Crippen LogP contribution in [0.2, 0.25) is 0 Å². The van der Waals surface area contributed by atoms with Gasteiger partial charge in [0, 0.05) is 22.9 Å². The van der Waals surface area contributed by atoms with E-state index in [0.29, 0.717) is 34.1 Å². The third-order valence-electron chi connectivity index (χ3n) is 6.47. The minimum absolute atomic E-state index is 0.0221. The van der Waals surface area contributed by atoms with Crippen LogP contribution in [0.4, 0.5) is 5.69 Å². The van der Waals surface area contributed by atoms with Gasteiger partial charge < -0.3 is 19.3 Å². The number of anilines is 1. The van der Waals surface area contributed by atoms with Crippen LogP contribution < -0.4 is 19.1 Å². The van der Waals surface area contributed by atoms with Crippen LogP contribution in [-0.4, -0.2) is 30.7 Å². The fraction of sp³-hybridized carbons (Fsp3) is 0.241. The number of nitrogens with zero attached hydrogens (tertiary/aromatic N) is 1. The van der Waals surface area contributed by atoms with E-state index in [-0.39, 0.29) is 23.5 Å². The van der Waals surface area contributed by atoms with E-state index < -0.39 is 17.7 Å². The van der Waals surface area contributed by atoms with Crippen LogP contribution in [0.15, 0.2) is 72.3 Å². The third kappa shape index (κ3) is 3.86. The Hall–Kier alpha value is -4.26. The van der Waals surface area contributed by atoms with E-state index in [1.807, 2.05) is 57.2 Å². The van der Waals surface area contributed by atoms with Gasteiger partial charge in [0.2, 0.25) is 6.79 Å². The normalized spacial score (nSPS) is 18.6. The van der Waals surface area contributed by atoms with Gasteiger partial charge in [0.15, 0.2) is 11.5 Å². The summed E-state index contributed by atoms with van der Waals surface area (Å²) in [6, 6.07) is 18.7. The first kappa shape index (κ1) is 23.5. The van der Waals surface area contributed by atoms with Crippen molar-refractivity contribution in [2.45, 2.75) is 32.2 Å². The summed E-state index contributed by atoms with van der Waals surface area (Å²) in [7, 11) is 1.59. The second kappa shape index (κ2) is 8.75. The lowest BCUT2D eigenvalue weighted by molar-refractivity contribution is -0.132. The number of fused-ring (bicyclic) bond motifs is 1. The second-order valence-electron chi connectivity index (χ2n) is 9.78. The molecule has 36 heavy (non-hydrogen) atoms. The molecule has 3 aromatic carbocycles. The van der Waals surface area contributed by atoms with Crippen LogP contribution in [0.25, 0.3) is 5.76 Å². The average molecular weight is 486 g/mol. The van der Waals surface area contributed by atoms with Crippen LogP contribution >= 0.6 is 0 Å². The van der Waals surface area contributed by atoms with Gasteiger partial charge in [-0.25, -0.2) is 0 Å². The van der Waals surface area contributed by atoms with Crippen LogP contribution in [0, 0.1) is 0 Å². The van der Waals surface area contributed by atoms with Gasteiger partial charge in [0.05, 0.1) is 18.7 Å². The molecule has 5 rings (SSSR count). The zero-order valence-corrected chi connectivity index (χ0v) is 20.6. The molecule has 0 aliphatic carbocycles. The standard InChI is InChI=1S/C29H27NO6/c1-29(2,3)20-14-18(10-12-21(20)34-4)26(31)24-25(17-8-6-5-7-9-17)30(28(33)27(24)32)19-11-13-22-23(15-19)36-16-35-22/h5-15,25,31H,16H2,1-4H3/b26-24+. The molecule has 3 aromatic rings. The monoisotopic (exact) mass is 485 g/mol. The first-order valence-corrected chi connectivity index (χ1v) is 11.6. The van der Waals surface area contributed by atoms with Crippen molar-refractivity contribution < 1.29 is 28.9 Å². The number of ketones is 1. The maximum Gasteiger partial charge on any atom is 0.300 e. The van der Waals surface area contributed by atoms with Crippen LogP contribution in [0.3, 0.4) is 0 Å². The maximum atomic E-state index is 13.4. The van der Waals surface area contributed by atoms with Crippen LogP contribution in [0.1, 0.15) is 43.5 Å². The lowest BCUT2D eigenvalue weighted by Gasteiger charge is -2.26. The Balaban J connectivity index is 1.70. The van der Waals surface area contributed by atoms with Crippen molar-refractivity contribution in [2.24, 2.45) is 0 Å². The van der Waals surface area contributed by atoms with E-state index in [1.54, 1.807) is 37.4 Å². The number of ether oxygens (including phenoxy) is 3. The lowest BCUT2D eigenvalue weighted by Crippen LogP contribution is -2.29. The molecule has 0 radical (unpaired) electrons. The molecule has 0 bridgehead atoms. The molecule has 2 aliphatic rings. The molecular weight excluding hydrogens is 458 g/mol. The summed E-state index contributed by atoms with van der Waals surface area (Å²) in [6.45, 7) is 6.21. The van der Waals surface area contributed by atoms with Gasteiger partial charge in [-0.05, 0) is 41.3 Å². The number of carbonyl (C=O) groups is 2. The van der Waals surface area contributed by atoms with Gasteiger partial charge in [-0.2, -0.15) is 0 Å². The zero-order chi connectivity index (χ0) is 25.6. The molecule has 1 atom stereocenters. The highest BCUT2D eigenvalue weighted by Gasteiger charge is 2.47. The number of aliphatic hydroxyl groups excluding tert-OH is 1. The van der Waals surface area contributed by atoms with Crippen LogP contribution in [0.5, 0.6) is 17.2 Å². The summed E-state index contributed by atoms with van der Waals surface area (Å²) in [4.78, 5) is 28.2. The number of amides is 1. The molecular formula is C29H27NO6. The minimum atomic E-state index is -0.827. The molecule has 0 aromatic heterocycles. The highest BCUT2D eigenvalue weighted by Crippen LogP contribution is 2.45. The highest BCUT2D eigenvalue weighted by molar-refractivity contribution is 6.51. The number of hydrogen-bond acceptors (Lipinski definition) is 6. The summed E-state index contributed by atoms with van der Waals surface area (Å²) in [5.41, 5.74) is 2.22. The molecule has 1 saturated heterocycles. The maximum absolute atomic E-state index is 13.4. The first-order valence-electron chi connectivity index (χ1n) is 11.6. The number of Topliss-reactive ketones (excluding diaryl/α,β-unsaturated/α-hetero) is 1. The fourth-order valence-electron chi connectivity index (χ4n) is 4.68. The predicted molar refractivity (Wildman–Crippen MR) is 135 cm³/mol. The Bertz CT molecular complexity index is 1390. The molecule has 2 aliphatic heterocycles. The number of benzene rings is 3. The number of carbonyl (C=O) groups excluding carboxylic acids is 2. The van der Waals surface area contributed by atoms with Crippen molar-refractivity contribution >= 4 is 23.1 Å². The molecule has 1 unspecified atom stereocenters. The predicted octanol–water partition coefficient (Wildman–Crippen LogP) is 5.35. The van der Waals surface area contributed by atoms with E-state index in [9.17, 15) is 14.7 Å². The van der Waals surface area contributed by atoms with E-state index in [2.05, 4.69) is 0 Å². The molecule has 7 nitrogen and oxygen atoms in total. The third-order valence-corrected chi connectivity index (χ3v) is 6.47. The highest BCUT2D eigenvalue weighted by atomic mass is 16.7. The second-order valence-corrected chi connectivity index (χ2v) is 9.78. The summed E-state index contributed by atoms with van der Waals surface area (Å²) in [5.74, 6) is 0.0183. The number of rotatable bonds is 4. The molecule has 2 heterocycles. The van der Waals surface area contributed by atoms with Gasteiger partial charge in [-0.1, -0.05) is 51.1 Å². The van der Waals surface area contributed by atoms with Crippen molar-refractivity contribution in [3.63, 3.8) is 0 Å². The molecule has 7 heteroatoms. The van der Waals surface area contributed by atoms with Crippen molar-refractivity contribution in [3.8, 4) is 17.2 Å². The van der Waals surface area contributed by atoms with E-state index >= 15 is 0 Å². The van der Waals surface area contributed by atoms with Gasteiger partial charge in [-0.3, -0.25) is 14.5 Å². The Labute approximate surface area is 209 Å². The molecule has 1 fully saturated rings.